The monoisotopic (exact) mass is 291 g/mol. The Labute approximate surface area is 126 Å². The Balaban J connectivity index is 1.90. The number of aliphatic hydroxyl groups excluding tert-OH is 1. The molecule has 1 aromatic carbocycles. The first-order valence-electron chi connectivity index (χ1n) is 7.74. The molecule has 0 saturated heterocycles. The Hall–Kier alpha value is -1.55. The fourth-order valence-corrected chi connectivity index (χ4v) is 2.66. The van der Waals surface area contributed by atoms with E-state index in [9.17, 15) is 9.90 Å². The summed E-state index contributed by atoms with van der Waals surface area (Å²) in [6, 6.07) is 7.33. The second-order valence-corrected chi connectivity index (χ2v) is 6.18. The highest BCUT2D eigenvalue weighted by Crippen LogP contribution is 2.25. The molecule has 1 amide bonds. The zero-order valence-electron chi connectivity index (χ0n) is 12.8. The predicted octanol–water partition coefficient (Wildman–Crippen LogP) is 2.61. The molecule has 1 aromatic rings. The molecule has 0 aliphatic heterocycles. The zero-order chi connectivity index (χ0) is 15.2. The molecule has 0 heterocycles. The van der Waals surface area contributed by atoms with Crippen molar-refractivity contribution < 1.29 is 14.6 Å². The highest BCUT2D eigenvalue weighted by Gasteiger charge is 2.28. The van der Waals surface area contributed by atoms with Gasteiger partial charge in [-0.3, -0.25) is 4.79 Å². The van der Waals surface area contributed by atoms with Crippen molar-refractivity contribution in [2.45, 2.75) is 39.2 Å². The number of rotatable bonds is 6. The van der Waals surface area contributed by atoms with Crippen LogP contribution in [0.4, 0.5) is 0 Å². The van der Waals surface area contributed by atoms with Crippen molar-refractivity contribution in [3.05, 3.63) is 29.8 Å². The van der Waals surface area contributed by atoms with Crippen LogP contribution >= 0.6 is 0 Å². The van der Waals surface area contributed by atoms with Crippen LogP contribution in [-0.2, 0) is 0 Å². The van der Waals surface area contributed by atoms with Crippen molar-refractivity contribution in [2.24, 2.45) is 11.8 Å². The van der Waals surface area contributed by atoms with E-state index in [2.05, 4.69) is 19.2 Å². The summed E-state index contributed by atoms with van der Waals surface area (Å²) in [5, 5.41) is 12.3. The van der Waals surface area contributed by atoms with Crippen molar-refractivity contribution >= 4 is 5.91 Å². The van der Waals surface area contributed by atoms with E-state index in [-0.39, 0.29) is 24.5 Å². The first-order chi connectivity index (χ1) is 10.1. The molecule has 116 valence electrons. The molecular weight excluding hydrogens is 266 g/mol. The number of hydrogen-bond acceptors (Lipinski definition) is 3. The third kappa shape index (κ3) is 4.46. The molecule has 2 N–H and O–H groups in total. The molecule has 1 fully saturated rings. The van der Waals surface area contributed by atoms with Crippen LogP contribution in [0, 0.1) is 11.8 Å². The topological polar surface area (TPSA) is 58.6 Å². The Morgan fingerprint density at radius 2 is 2.05 bits per heavy atom. The van der Waals surface area contributed by atoms with Crippen LogP contribution in [0.3, 0.4) is 0 Å². The van der Waals surface area contributed by atoms with Crippen molar-refractivity contribution in [1.29, 1.82) is 0 Å². The van der Waals surface area contributed by atoms with Crippen LogP contribution in [0.5, 0.6) is 5.75 Å². The smallest absolute Gasteiger partial charge is 0.251 e. The van der Waals surface area contributed by atoms with Gasteiger partial charge in [0.1, 0.15) is 5.75 Å². The zero-order valence-corrected chi connectivity index (χ0v) is 12.8. The van der Waals surface area contributed by atoms with Gasteiger partial charge in [0, 0.05) is 24.1 Å². The number of carbonyl (C=O) groups excluding carboxylic acids is 1. The van der Waals surface area contributed by atoms with Gasteiger partial charge in [0.15, 0.2) is 0 Å². The summed E-state index contributed by atoms with van der Waals surface area (Å²) in [5.41, 5.74) is 0.635. The minimum atomic E-state index is -0.0734. The predicted molar refractivity (Wildman–Crippen MR) is 82.5 cm³/mol. The SMILES string of the molecule is CC(C)COc1ccc(C(=O)NC2CCCC2CO)cc1. The standard InChI is InChI=1S/C17H25NO3/c1-12(2)11-21-15-8-6-13(7-9-15)17(20)18-16-5-3-4-14(16)10-19/h6-9,12,14,16,19H,3-5,10-11H2,1-2H3,(H,18,20). The molecule has 0 spiro atoms. The molecule has 0 radical (unpaired) electrons. The highest BCUT2D eigenvalue weighted by molar-refractivity contribution is 5.94. The molecule has 4 heteroatoms. The molecule has 2 atom stereocenters. The Kier molecular flexibility index (Phi) is 5.62. The summed E-state index contributed by atoms with van der Waals surface area (Å²) in [7, 11) is 0. The highest BCUT2D eigenvalue weighted by atomic mass is 16.5. The Morgan fingerprint density at radius 3 is 2.67 bits per heavy atom. The number of ether oxygens (including phenoxy) is 1. The summed E-state index contributed by atoms with van der Waals surface area (Å²) >= 11 is 0. The van der Waals surface area contributed by atoms with Gasteiger partial charge in [-0.15, -0.1) is 0 Å². The van der Waals surface area contributed by atoms with E-state index in [0.29, 0.717) is 18.1 Å². The van der Waals surface area contributed by atoms with Gasteiger partial charge in [-0.1, -0.05) is 20.3 Å². The number of benzene rings is 1. The van der Waals surface area contributed by atoms with Crippen LogP contribution in [-0.4, -0.2) is 30.3 Å². The first kappa shape index (κ1) is 15.8. The van der Waals surface area contributed by atoms with Gasteiger partial charge in [0.05, 0.1) is 6.61 Å². The summed E-state index contributed by atoms with van der Waals surface area (Å²) in [6.45, 7) is 5.01. The number of aliphatic hydroxyl groups is 1. The maximum atomic E-state index is 12.2. The van der Waals surface area contributed by atoms with Gasteiger partial charge in [-0.2, -0.15) is 0 Å². The van der Waals surface area contributed by atoms with E-state index >= 15 is 0 Å². The molecule has 2 unspecified atom stereocenters. The van der Waals surface area contributed by atoms with Crippen LogP contribution in [0.15, 0.2) is 24.3 Å². The first-order valence-corrected chi connectivity index (χ1v) is 7.74. The lowest BCUT2D eigenvalue weighted by atomic mass is 10.0. The van der Waals surface area contributed by atoms with Crippen molar-refractivity contribution in [1.82, 2.24) is 5.32 Å². The quantitative estimate of drug-likeness (QED) is 0.847. The van der Waals surface area contributed by atoms with E-state index in [4.69, 9.17) is 4.74 Å². The lowest BCUT2D eigenvalue weighted by Gasteiger charge is -2.19. The molecule has 1 saturated carbocycles. The molecule has 1 aliphatic rings. The van der Waals surface area contributed by atoms with Gasteiger partial charge >= 0.3 is 0 Å². The van der Waals surface area contributed by atoms with Crippen molar-refractivity contribution in [3.63, 3.8) is 0 Å². The van der Waals surface area contributed by atoms with E-state index in [1.165, 1.54) is 0 Å². The average molecular weight is 291 g/mol. The van der Waals surface area contributed by atoms with Gasteiger partial charge in [-0.05, 0) is 43.0 Å². The van der Waals surface area contributed by atoms with Crippen LogP contribution in [0.25, 0.3) is 0 Å². The maximum absolute atomic E-state index is 12.2. The summed E-state index contributed by atoms with van der Waals surface area (Å²) < 4.78 is 5.61. The maximum Gasteiger partial charge on any atom is 0.251 e. The van der Waals surface area contributed by atoms with Crippen LogP contribution in [0.1, 0.15) is 43.5 Å². The lowest BCUT2D eigenvalue weighted by Crippen LogP contribution is -2.38. The van der Waals surface area contributed by atoms with Gasteiger partial charge < -0.3 is 15.2 Å². The lowest BCUT2D eigenvalue weighted by molar-refractivity contribution is 0.0916. The third-order valence-corrected chi connectivity index (χ3v) is 3.91. The number of amides is 1. The Bertz CT molecular complexity index is 456. The molecular formula is C17H25NO3. The summed E-state index contributed by atoms with van der Waals surface area (Å²) in [4.78, 5) is 12.2. The third-order valence-electron chi connectivity index (χ3n) is 3.91. The minimum absolute atomic E-state index is 0.0734. The summed E-state index contributed by atoms with van der Waals surface area (Å²) in [5.74, 6) is 1.39. The van der Waals surface area contributed by atoms with E-state index in [1.54, 1.807) is 12.1 Å². The van der Waals surface area contributed by atoms with Crippen molar-refractivity contribution in [3.8, 4) is 5.75 Å². The molecule has 4 nitrogen and oxygen atoms in total. The molecule has 0 bridgehead atoms. The second-order valence-electron chi connectivity index (χ2n) is 6.18. The van der Waals surface area contributed by atoms with Crippen LogP contribution in [0.2, 0.25) is 0 Å². The van der Waals surface area contributed by atoms with E-state index in [1.807, 2.05) is 12.1 Å². The van der Waals surface area contributed by atoms with Gasteiger partial charge in [-0.25, -0.2) is 0 Å². The van der Waals surface area contributed by atoms with Crippen molar-refractivity contribution in [2.75, 3.05) is 13.2 Å². The fraction of sp³-hybridized carbons (Fsp3) is 0.588. The van der Waals surface area contributed by atoms with Gasteiger partial charge in [0.2, 0.25) is 0 Å². The second kappa shape index (κ2) is 7.46. The largest absolute Gasteiger partial charge is 0.493 e. The van der Waals surface area contributed by atoms with Crippen LogP contribution < -0.4 is 10.1 Å². The van der Waals surface area contributed by atoms with Gasteiger partial charge in [0.25, 0.3) is 5.91 Å². The molecule has 2 rings (SSSR count). The average Bonchev–Trinajstić information content (AvgIpc) is 2.92. The molecule has 0 aromatic heterocycles. The molecule has 21 heavy (non-hydrogen) atoms. The normalized spacial score (nSPS) is 21.5. The summed E-state index contributed by atoms with van der Waals surface area (Å²) in [6.07, 6.45) is 3.01. The molecule has 1 aliphatic carbocycles. The Morgan fingerprint density at radius 1 is 1.33 bits per heavy atom. The van der Waals surface area contributed by atoms with E-state index < -0.39 is 0 Å². The number of carbonyl (C=O) groups is 1. The number of nitrogens with one attached hydrogen (secondary N) is 1. The fourth-order valence-electron chi connectivity index (χ4n) is 2.66. The minimum Gasteiger partial charge on any atom is -0.493 e. The van der Waals surface area contributed by atoms with E-state index in [0.717, 1.165) is 25.0 Å². The number of hydrogen-bond donors (Lipinski definition) is 2.